The van der Waals surface area contributed by atoms with E-state index in [9.17, 15) is 9.59 Å². The maximum absolute atomic E-state index is 12.4. The number of benzene rings is 3. The maximum atomic E-state index is 12.4. The summed E-state index contributed by atoms with van der Waals surface area (Å²) in [5, 5.41) is 4.49. The van der Waals surface area contributed by atoms with E-state index in [-0.39, 0.29) is 19.8 Å². The molecule has 1 aromatic heterocycles. The topological polar surface area (TPSA) is 114 Å². The number of carbonyl (C=O) groups is 2. The first-order valence-electron chi connectivity index (χ1n) is 14.3. The van der Waals surface area contributed by atoms with Gasteiger partial charge >= 0.3 is 12.1 Å². The molecule has 0 spiro atoms. The zero-order valence-corrected chi connectivity index (χ0v) is 25.7. The first-order chi connectivity index (χ1) is 21.1. The van der Waals surface area contributed by atoms with Gasteiger partial charge in [0.2, 0.25) is 0 Å². The van der Waals surface area contributed by atoms with E-state index in [4.69, 9.17) is 28.4 Å². The van der Waals surface area contributed by atoms with E-state index < -0.39 is 17.7 Å². The van der Waals surface area contributed by atoms with E-state index in [1.54, 1.807) is 38.4 Å². The second-order valence-corrected chi connectivity index (χ2v) is 10.8. The molecule has 44 heavy (non-hydrogen) atoms. The van der Waals surface area contributed by atoms with Crippen molar-refractivity contribution in [3.05, 3.63) is 84.2 Å². The highest BCUT2D eigenvalue weighted by atomic mass is 16.6. The average molecular weight is 603 g/mol. The number of anilines is 1. The molecule has 0 aliphatic carbocycles. The van der Waals surface area contributed by atoms with Crippen molar-refractivity contribution in [3.8, 4) is 23.0 Å². The van der Waals surface area contributed by atoms with Crippen molar-refractivity contribution in [1.29, 1.82) is 0 Å². The molecule has 1 N–H and O–H groups in total. The van der Waals surface area contributed by atoms with Gasteiger partial charge in [0.1, 0.15) is 41.8 Å². The molecule has 0 saturated carbocycles. The van der Waals surface area contributed by atoms with Crippen molar-refractivity contribution in [3.63, 3.8) is 0 Å². The van der Waals surface area contributed by atoms with Crippen LogP contribution in [0.2, 0.25) is 0 Å². The van der Waals surface area contributed by atoms with Crippen LogP contribution < -0.4 is 19.5 Å². The van der Waals surface area contributed by atoms with Crippen LogP contribution in [0.15, 0.2) is 72.9 Å². The number of esters is 1. The molecule has 0 fully saturated rings. The van der Waals surface area contributed by atoms with E-state index in [0.717, 1.165) is 22.0 Å². The third-order valence-electron chi connectivity index (χ3n) is 6.12. The summed E-state index contributed by atoms with van der Waals surface area (Å²) < 4.78 is 33.2. The molecule has 10 nitrogen and oxygen atoms in total. The highest BCUT2D eigenvalue weighted by molar-refractivity contribution is 6.02. The van der Waals surface area contributed by atoms with Crippen LogP contribution in [0, 0.1) is 0 Å². The van der Waals surface area contributed by atoms with Crippen molar-refractivity contribution >= 4 is 28.5 Å². The number of hydrogen-bond acceptors (Lipinski definition) is 9. The molecule has 0 atom stereocenters. The van der Waals surface area contributed by atoms with E-state index >= 15 is 0 Å². The highest BCUT2D eigenvalue weighted by Crippen LogP contribution is 2.35. The molecule has 4 rings (SSSR count). The molecule has 0 saturated heterocycles. The Kier molecular flexibility index (Phi) is 11.0. The number of nitrogens with zero attached hydrogens (tertiary/aromatic N) is 1. The summed E-state index contributed by atoms with van der Waals surface area (Å²) in [6.45, 7) is 7.89. The average Bonchev–Trinajstić information content (AvgIpc) is 2.97. The van der Waals surface area contributed by atoms with Gasteiger partial charge in [-0.25, -0.2) is 9.59 Å². The Hall–Kier alpha value is -4.83. The number of amides is 1. The third-order valence-corrected chi connectivity index (χ3v) is 6.12. The summed E-state index contributed by atoms with van der Waals surface area (Å²) >= 11 is 0. The second-order valence-electron chi connectivity index (χ2n) is 10.8. The van der Waals surface area contributed by atoms with Crippen LogP contribution in [0.5, 0.6) is 23.0 Å². The Balaban J connectivity index is 1.44. The van der Waals surface area contributed by atoms with Gasteiger partial charge in [0.05, 0.1) is 26.0 Å². The number of hydrogen-bond donors (Lipinski definition) is 1. The summed E-state index contributed by atoms with van der Waals surface area (Å²) in [5.74, 6) is 2.10. The summed E-state index contributed by atoms with van der Waals surface area (Å²) in [6.07, 6.45) is 1.68. The molecule has 232 valence electrons. The van der Waals surface area contributed by atoms with E-state index in [1.807, 2.05) is 69.3 Å². The molecule has 0 unspecified atom stereocenters. The molecule has 0 aliphatic heterocycles. The summed E-state index contributed by atoms with van der Waals surface area (Å²) in [6, 6.07) is 20.6. The molecular weight excluding hydrogens is 564 g/mol. The number of aromatic nitrogens is 1. The quantitative estimate of drug-likeness (QED) is 0.128. The molecule has 4 aromatic rings. The van der Waals surface area contributed by atoms with Crippen LogP contribution in [0.4, 0.5) is 10.5 Å². The smallest absolute Gasteiger partial charge is 0.412 e. The van der Waals surface area contributed by atoms with Gasteiger partial charge in [0.25, 0.3) is 0 Å². The van der Waals surface area contributed by atoms with Gasteiger partial charge in [-0.15, -0.1) is 0 Å². The normalized spacial score (nSPS) is 11.1. The minimum absolute atomic E-state index is 0.118. The third kappa shape index (κ3) is 9.60. The molecule has 1 heterocycles. The van der Waals surface area contributed by atoms with Crippen molar-refractivity contribution in [1.82, 2.24) is 4.98 Å². The van der Waals surface area contributed by atoms with Gasteiger partial charge in [-0.05, 0) is 63.6 Å². The minimum atomic E-state index is -0.608. The summed E-state index contributed by atoms with van der Waals surface area (Å²) in [4.78, 5) is 28.4. The lowest BCUT2D eigenvalue weighted by molar-refractivity contribution is -0.148. The monoisotopic (exact) mass is 602 g/mol. The number of ether oxygens (including phenoxy) is 6. The van der Waals surface area contributed by atoms with Crippen LogP contribution in [0.1, 0.15) is 39.0 Å². The molecule has 0 radical (unpaired) electrons. The molecule has 0 bridgehead atoms. The van der Waals surface area contributed by atoms with Gasteiger partial charge in [0.15, 0.2) is 0 Å². The van der Waals surface area contributed by atoms with Crippen LogP contribution in [-0.2, 0) is 25.4 Å². The summed E-state index contributed by atoms with van der Waals surface area (Å²) in [5.41, 5.74) is 1.73. The van der Waals surface area contributed by atoms with Gasteiger partial charge in [-0.3, -0.25) is 10.3 Å². The first kappa shape index (κ1) is 32.1. The van der Waals surface area contributed by atoms with Gasteiger partial charge < -0.3 is 28.4 Å². The number of methoxy groups -OCH3 is 1. The number of carbonyl (C=O) groups excluding carboxylic acids is 2. The minimum Gasteiger partial charge on any atom is -0.497 e. The number of nitrogens with one attached hydrogen (secondary N) is 1. The van der Waals surface area contributed by atoms with E-state index in [0.29, 0.717) is 41.7 Å². The van der Waals surface area contributed by atoms with Crippen molar-refractivity contribution in [2.45, 2.75) is 39.7 Å². The maximum Gasteiger partial charge on any atom is 0.412 e. The fourth-order valence-electron chi connectivity index (χ4n) is 4.35. The van der Waals surface area contributed by atoms with Crippen LogP contribution in [0.3, 0.4) is 0 Å². The van der Waals surface area contributed by atoms with Crippen molar-refractivity contribution in [2.24, 2.45) is 0 Å². The van der Waals surface area contributed by atoms with Crippen molar-refractivity contribution in [2.75, 3.05) is 38.9 Å². The Labute approximate surface area is 257 Å². The number of fused-ring (bicyclic) bond motifs is 1. The predicted octanol–water partition coefficient (Wildman–Crippen LogP) is 6.93. The Morgan fingerprint density at radius 3 is 2.41 bits per heavy atom. The molecule has 0 aliphatic rings. The predicted molar refractivity (Wildman–Crippen MR) is 167 cm³/mol. The van der Waals surface area contributed by atoms with E-state index in [2.05, 4.69) is 10.3 Å². The highest BCUT2D eigenvalue weighted by Gasteiger charge is 2.18. The van der Waals surface area contributed by atoms with Gasteiger partial charge in [-0.2, -0.15) is 0 Å². The summed E-state index contributed by atoms with van der Waals surface area (Å²) in [7, 11) is 1.59. The first-order valence-corrected chi connectivity index (χ1v) is 14.3. The fourth-order valence-corrected chi connectivity index (χ4v) is 4.35. The zero-order valence-electron chi connectivity index (χ0n) is 25.7. The second kappa shape index (κ2) is 15.1. The van der Waals surface area contributed by atoms with Gasteiger partial charge in [-0.1, -0.05) is 24.3 Å². The number of rotatable bonds is 13. The fraction of sp³-hybridized carbons (Fsp3) is 0.324. The molecule has 1 amide bonds. The lowest BCUT2D eigenvalue weighted by Gasteiger charge is -2.20. The Morgan fingerprint density at radius 2 is 1.66 bits per heavy atom. The Morgan fingerprint density at radius 1 is 0.886 bits per heavy atom. The van der Waals surface area contributed by atoms with E-state index in [1.165, 1.54) is 0 Å². The van der Waals surface area contributed by atoms with Crippen LogP contribution in [0.25, 0.3) is 10.8 Å². The van der Waals surface area contributed by atoms with Crippen LogP contribution >= 0.6 is 0 Å². The van der Waals surface area contributed by atoms with Crippen LogP contribution in [-0.4, -0.2) is 56.2 Å². The van der Waals surface area contributed by atoms with Crippen molar-refractivity contribution < 1.29 is 38.0 Å². The Bertz CT molecular complexity index is 1580. The molecule has 3 aromatic carbocycles. The number of pyridine rings is 1. The zero-order chi connectivity index (χ0) is 31.5. The molecule has 10 heteroatoms. The molecular formula is C34H38N2O8. The SMILES string of the molecule is CCOC(=O)COCCOc1cc(Cc2cc(Oc3ccc(NC(=O)OC(C)(C)C)c4ccccc34)ccn2)cc(OC)c1. The standard InChI is InChI=1S/C34H38N2O8/c1-6-41-32(37)22-40-15-16-42-27-19-23(18-26(21-27)39-5)17-24-20-25(13-14-35-24)43-31-12-11-30(28-9-7-8-10-29(28)31)36-33(38)44-34(2,3)4/h7-14,18-21H,6,15-17,22H2,1-5H3,(H,36,38). The lowest BCUT2D eigenvalue weighted by atomic mass is 10.1. The largest absolute Gasteiger partial charge is 0.497 e. The van der Waals surface area contributed by atoms with Gasteiger partial charge in [0, 0.05) is 41.2 Å². The lowest BCUT2D eigenvalue weighted by Crippen LogP contribution is -2.27.